The van der Waals surface area contributed by atoms with Crippen LogP contribution in [0.15, 0.2) is 76.8 Å². The van der Waals surface area contributed by atoms with Crippen molar-refractivity contribution < 1.29 is 9.53 Å². The number of nitrogens with two attached hydrogens (primary N) is 1. The van der Waals surface area contributed by atoms with Gasteiger partial charge in [0, 0.05) is 29.8 Å². The maximum Gasteiger partial charge on any atom is 0.224 e. The van der Waals surface area contributed by atoms with E-state index < -0.39 is 0 Å². The van der Waals surface area contributed by atoms with E-state index in [1.807, 2.05) is 57.3 Å². The van der Waals surface area contributed by atoms with Crippen molar-refractivity contribution in [3.05, 3.63) is 82.9 Å². The Morgan fingerprint density at radius 1 is 1.08 bits per heavy atom. The van der Waals surface area contributed by atoms with E-state index >= 15 is 0 Å². The predicted octanol–water partition coefficient (Wildman–Crippen LogP) is 6.17. The molecule has 1 fully saturated rings. The fourth-order valence-electron chi connectivity index (χ4n) is 4.95. The van der Waals surface area contributed by atoms with Crippen LogP contribution in [-0.2, 0) is 11.4 Å². The van der Waals surface area contributed by atoms with Gasteiger partial charge in [0.2, 0.25) is 5.91 Å². The van der Waals surface area contributed by atoms with E-state index in [2.05, 4.69) is 29.6 Å². The highest BCUT2D eigenvalue weighted by atomic mass is 16.5. The minimum absolute atomic E-state index is 0.0151. The zero-order valence-electron chi connectivity index (χ0n) is 21.7. The molecule has 0 unspecified atom stereocenters. The molecule has 0 bridgehead atoms. The summed E-state index contributed by atoms with van der Waals surface area (Å²) in [5.74, 6) is 8.78. The van der Waals surface area contributed by atoms with Crippen molar-refractivity contribution >= 4 is 17.7 Å². The first-order valence-corrected chi connectivity index (χ1v) is 13.0. The highest BCUT2D eigenvalue weighted by molar-refractivity contribution is 6.12. The zero-order chi connectivity index (χ0) is 25.5. The van der Waals surface area contributed by atoms with Crippen LogP contribution in [0.3, 0.4) is 0 Å². The summed E-state index contributed by atoms with van der Waals surface area (Å²) in [7, 11) is 0. The highest BCUT2D eigenvalue weighted by Gasteiger charge is 2.30. The van der Waals surface area contributed by atoms with Crippen molar-refractivity contribution in [1.29, 1.82) is 0 Å². The van der Waals surface area contributed by atoms with Crippen LogP contribution in [0.4, 0.5) is 0 Å². The summed E-state index contributed by atoms with van der Waals surface area (Å²) in [6, 6.07) is 18.3. The molecule has 1 amide bonds. The number of amides is 1. The van der Waals surface area contributed by atoms with Crippen LogP contribution in [0.1, 0.15) is 70.4 Å². The van der Waals surface area contributed by atoms with E-state index in [1.54, 1.807) is 5.01 Å². The lowest BCUT2D eigenvalue weighted by Crippen LogP contribution is -2.38. The van der Waals surface area contributed by atoms with Crippen molar-refractivity contribution in [3.63, 3.8) is 0 Å². The smallest absolute Gasteiger partial charge is 0.224 e. The Morgan fingerprint density at radius 3 is 2.44 bits per heavy atom. The number of carbonyl (C=O) groups is 1. The molecule has 1 aliphatic carbocycles. The zero-order valence-corrected chi connectivity index (χ0v) is 21.7. The molecule has 1 heterocycles. The molecule has 36 heavy (non-hydrogen) atoms. The average Bonchev–Trinajstić information content (AvgIpc) is 2.88. The minimum atomic E-state index is -0.0151. The molecule has 0 atom stereocenters. The fourth-order valence-corrected chi connectivity index (χ4v) is 4.95. The number of carbonyl (C=O) groups excluding carboxylic acids is 1. The predicted molar refractivity (Wildman–Crippen MR) is 146 cm³/mol. The number of allylic oxidation sites excluding steroid dienone is 3. The molecule has 2 aromatic carbocycles. The molecule has 0 spiro atoms. The van der Waals surface area contributed by atoms with Gasteiger partial charge in [0.25, 0.3) is 0 Å². The molecule has 1 aliphatic heterocycles. The number of hydrogen-bond donors (Lipinski definition) is 2. The topological polar surface area (TPSA) is 80.0 Å². The summed E-state index contributed by atoms with van der Waals surface area (Å²) in [6.45, 7) is 6.46. The van der Waals surface area contributed by atoms with Gasteiger partial charge in [0.15, 0.2) is 5.82 Å². The molecule has 1 saturated carbocycles. The third kappa shape index (κ3) is 6.43. The van der Waals surface area contributed by atoms with Crippen LogP contribution in [0.25, 0.3) is 5.57 Å². The second kappa shape index (κ2) is 12.0. The molecule has 3 N–H and O–H groups in total. The maximum atomic E-state index is 12.4. The molecule has 2 aliphatic rings. The van der Waals surface area contributed by atoms with Crippen LogP contribution in [-0.4, -0.2) is 17.1 Å². The van der Waals surface area contributed by atoms with E-state index in [4.69, 9.17) is 15.6 Å². The van der Waals surface area contributed by atoms with E-state index in [-0.39, 0.29) is 11.8 Å². The van der Waals surface area contributed by atoms with Gasteiger partial charge < -0.3 is 10.1 Å². The van der Waals surface area contributed by atoms with Gasteiger partial charge in [0.05, 0.1) is 5.70 Å². The number of nitrogens with zero attached hydrogens (tertiary/aromatic N) is 2. The standard InChI is InChI=1S/C30H38N4O2/c1-21(2)18-28(35)33-22(3)30-32-19-27(29(34(30)31)25-12-8-5-9-13-25)24-14-16-26(17-15-24)36-20-23-10-6-4-7-11-23/h4,6-7,10-11,14-17,19,21,25H,5,8-9,12-13,18,20,31H2,1-3H3,(H,33,35)/b30-22+. The van der Waals surface area contributed by atoms with Crippen molar-refractivity contribution in [2.75, 3.05) is 0 Å². The highest BCUT2D eigenvalue weighted by Crippen LogP contribution is 2.38. The van der Waals surface area contributed by atoms with Crippen molar-refractivity contribution in [2.45, 2.75) is 65.9 Å². The summed E-state index contributed by atoms with van der Waals surface area (Å²) in [5.41, 5.74) is 4.98. The summed E-state index contributed by atoms with van der Waals surface area (Å²) in [5, 5.41) is 4.70. The van der Waals surface area contributed by atoms with Crippen LogP contribution < -0.4 is 15.9 Å². The van der Waals surface area contributed by atoms with Gasteiger partial charge in [-0.1, -0.05) is 75.6 Å². The molecular formula is C30H38N4O2. The fraction of sp³-hybridized carbons (Fsp3) is 0.400. The largest absolute Gasteiger partial charge is 0.489 e. The van der Waals surface area contributed by atoms with Crippen molar-refractivity contribution in [3.8, 4) is 5.75 Å². The van der Waals surface area contributed by atoms with Gasteiger partial charge in [-0.15, -0.1) is 0 Å². The Bertz CT molecular complexity index is 1130. The van der Waals surface area contributed by atoms with Crippen LogP contribution in [0.2, 0.25) is 0 Å². The Balaban J connectivity index is 1.58. The summed E-state index contributed by atoms with van der Waals surface area (Å²) >= 11 is 0. The van der Waals surface area contributed by atoms with Gasteiger partial charge in [-0.25, -0.2) is 10.8 Å². The Labute approximate surface area is 214 Å². The summed E-state index contributed by atoms with van der Waals surface area (Å²) in [6.07, 6.45) is 8.23. The molecular weight excluding hydrogens is 448 g/mol. The molecule has 4 rings (SSSR count). The Morgan fingerprint density at radius 2 is 1.78 bits per heavy atom. The number of nitrogens with one attached hydrogen (secondary N) is 1. The quantitative estimate of drug-likeness (QED) is 0.437. The van der Waals surface area contributed by atoms with Crippen molar-refractivity contribution in [2.24, 2.45) is 22.7 Å². The number of hydrazine groups is 1. The number of aliphatic imine (C=N–C) groups is 1. The lowest BCUT2D eigenvalue weighted by atomic mass is 9.83. The third-order valence-corrected chi connectivity index (χ3v) is 6.74. The first-order valence-electron chi connectivity index (χ1n) is 13.0. The van der Waals surface area contributed by atoms with E-state index in [0.29, 0.717) is 30.5 Å². The monoisotopic (exact) mass is 486 g/mol. The van der Waals surface area contributed by atoms with Gasteiger partial charge in [-0.3, -0.25) is 9.80 Å². The first-order chi connectivity index (χ1) is 17.4. The number of rotatable bonds is 8. The Kier molecular flexibility index (Phi) is 8.60. The van der Waals surface area contributed by atoms with Crippen LogP contribution in [0, 0.1) is 11.8 Å². The normalized spacial score (nSPS) is 18.0. The third-order valence-electron chi connectivity index (χ3n) is 6.74. The first kappa shape index (κ1) is 25.7. The molecule has 0 saturated heterocycles. The molecule has 0 radical (unpaired) electrons. The molecule has 6 heteroatoms. The summed E-state index contributed by atoms with van der Waals surface area (Å²) < 4.78 is 5.98. The number of hydrogen-bond acceptors (Lipinski definition) is 5. The molecule has 190 valence electrons. The molecule has 2 aromatic rings. The van der Waals surface area contributed by atoms with Crippen LogP contribution >= 0.6 is 0 Å². The second-order valence-electron chi connectivity index (χ2n) is 10.2. The van der Waals surface area contributed by atoms with Gasteiger partial charge in [0.1, 0.15) is 12.4 Å². The lowest BCUT2D eigenvalue weighted by molar-refractivity contribution is -0.121. The number of ether oxygens (including phenoxy) is 1. The average molecular weight is 487 g/mol. The van der Waals surface area contributed by atoms with E-state index in [9.17, 15) is 4.79 Å². The van der Waals surface area contributed by atoms with E-state index in [0.717, 1.165) is 41.0 Å². The molecule has 0 aromatic heterocycles. The minimum Gasteiger partial charge on any atom is -0.489 e. The second-order valence-corrected chi connectivity index (χ2v) is 10.2. The maximum absolute atomic E-state index is 12.4. The SMILES string of the molecule is C/C(NC(=O)CC(C)C)=C1/N=CC(c2ccc(OCc3ccccc3)cc2)=C(C2CCCCC2)N1N. The van der Waals surface area contributed by atoms with Gasteiger partial charge >= 0.3 is 0 Å². The number of benzene rings is 2. The van der Waals surface area contributed by atoms with Crippen LogP contribution in [0.5, 0.6) is 5.75 Å². The van der Waals surface area contributed by atoms with Crippen molar-refractivity contribution in [1.82, 2.24) is 10.3 Å². The molecule has 6 nitrogen and oxygen atoms in total. The van der Waals surface area contributed by atoms with Gasteiger partial charge in [-0.05, 0) is 48.9 Å². The Hall–Kier alpha value is -3.38. The summed E-state index contributed by atoms with van der Waals surface area (Å²) in [4.78, 5) is 17.1. The lowest BCUT2D eigenvalue weighted by Gasteiger charge is -2.35. The van der Waals surface area contributed by atoms with Gasteiger partial charge in [-0.2, -0.15) is 0 Å². The van der Waals surface area contributed by atoms with E-state index in [1.165, 1.54) is 19.3 Å².